The molecule has 3 aromatic carbocycles. The number of carbonyl (C=O) groups excluding carboxylic acids is 5. The molecule has 2 aliphatic rings. The zero-order chi connectivity index (χ0) is 34.7. The number of carbonyl (C=O) groups is 5. The highest BCUT2D eigenvalue weighted by molar-refractivity contribution is 8.04. The van der Waals surface area contributed by atoms with Crippen molar-refractivity contribution < 1.29 is 43.5 Å². The number of esters is 2. The van der Waals surface area contributed by atoms with Crippen LogP contribution in [-0.4, -0.2) is 60.9 Å². The quantitative estimate of drug-likeness (QED) is 0.0551. The van der Waals surface area contributed by atoms with E-state index in [-0.39, 0.29) is 40.6 Å². The van der Waals surface area contributed by atoms with Gasteiger partial charge in [0.2, 0.25) is 0 Å². The number of imide groups is 1. The van der Waals surface area contributed by atoms with Crippen molar-refractivity contribution in [2.75, 3.05) is 0 Å². The highest BCUT2D eigenvalue weighted by atomic mass is 32.2. The Kier molecular flexibility index (Phi) is 9.75. The molecule has 3 aromatic rings. The van der Waals surface area contributed by atoms with Gasteiger partial charge in [0.05, 0.1) is 16.1 Å². The standard InChI is InChI=1S/C34H29N3O10S/c1-19(2)26(33(42)46-17-21-9-5-4-6-10-21)36-31(41)27(35-29(39)24-11-7-8-12-25(24)30(35)40)32(36)48-28(20(3)38)34(43)47-18-22-13-15-23(16-14-22)37(44)45/h4-16,27,32,38H,17-18H2,1-3H3/b28-20-/t27-,32+/m0/s1. The molecule has 0 unspecified atom stereocenters. The number of aliphatic hydroxyl groups is 1. The summed E-state index contributed by atoms with van der Waals surface area (Å²) in [5.41, 5.74) is 1.37. The molecule has 14 heteroatoms. The molecule has 5 rings (SSSR count). The molecular formula is C34H29N3O10S. The molecule has 246 valence electrons. The summed E-state index contributed by atoms with van der Waals surface area (Å²) in [5.74, 6) is -4.58. The Labute approximate surface area is 278 Å². The van der Waals surface area contributed by atoms with Crippen LogP contribution in [-0.2, 0) is 37.1 Å². The number of non-ortho nitro benzene ring substituents is 1. The summed E-state index contributed by atoms with van der Waals surface area (Å²) in [6.07, 6.45) is 0. The normalized spacial score (nSPS) is 17.3. The van der Waals surface area contributed by atoms with Crippen LogP contribution in [0.5, 0.6) is 0 Å². The van der Waals surface area contributed by atoms with E-state index < -0.39 is 51.8 Å². The molecule has 13 nitrogen and oxygen atoms in total. The summed E-state index contributed by atoms with van der Waals surface area (Å²) in [6.45, 7) is 3.96. The first kappa shape index (κ1) is 33.6. The van der Waals surface area contributed by atoms with E-state index in [1.54, 1.807) is 56.3 Å². The molecular weight excluding hydrogens is 642 g/mol. The van der Waals surface area contributed by atoms with Crippen molar-refractivity contribution in [3.8, 4) is 0 Å². The predicted molar refractivity (Wildman–Crippen MR) is 172 cm³/mol. The van der Waals surface area contributed by atoms with E-state index in [1.165, 1.54) is 43.3 Å². The number of nitro benzene ring substituents is 1. The summed E-state index contributed by atoms with van der Waals surface area (Å²) in [7, 11) is 0. The van der Waals surface area contributed by atoms with Crippen LogP contribution in [0.15, 0.2) is 101 Å². The molecule has 3 amide bonds. The van der Waals surface area contributed by atoms with Gasteiger partial charge in [0, 0.05) is 12.1 Å². The molecule has 0 bridgehead atoms. The topological polar surface area (TPSA) is 174 Å². The summed E-state index contributed by atoms with van der Waals surface area (Å²) in [4.78, 5) is 79.5. The number of amides is 3. The van der Waals surface area contributed by atoms with Gasteiger partial charge in [-0.25, -0.2) is 9.59 Å². The van der Waals surface area contributed by atoms with Crippen LogP contribution in [0.1, 0.15) is 52.6 Å². The zero-order valence-corrected chi connectivity index (χ0v) is 26.8. The largest absolute Gasteiger partial charge is 0.511 e. The van der Waals surface area contributed by atoms with Gasteiger partial charge >= 0.3 is 11.9 Å². The van der Waals surface area contributed by atoms with Crippen LogP contribution in [0.25, 0.3) is 0 Å². The van der Waals surface area contributed by atoms with Crippen LogP contribution in [0.2, 0.25) is 0 Å². The number of benzene rings is 3. The lowest BCUT2D eigenvalue weighted by Crippen LogP contribution is -2.70. The van der Waals surface area contributed by atoms with Gasteiger partial charge in [0.15, 0.2) is 0 Å². The average molecular weight is 672 g/mol. The van der Waals surface area contributed by atoms with Crippen molar-refractivity contribution in [2.24, 2.45) is 0 Å². The van der Waals surface area contributed by atoms with Crippen molar-refractivity contribution in [1.82, 2.24) is 9.80 Å². The Balaban J connectivity index is 1.44. The first-order chi connectivity index (χ1) is 22.9. The molecule has 0 saturated carbocycles. The fourth-order valence-electron chi connectivity index (χ4n) is 5.17. The van der Waals surface area contributed by atoms with E-state index in [4.69, 9.17) is 9.47 Å². The molecule has 0 aromatic heterocycles. The maximum Gasteiger partial charge on any atom is 0.355 e. The molecule has 0 radical (unpaired) electrons. The second kappa shape index (κ2) is 13.9. The van der Waals surface area contributed by atoms with Crippen LogP contribution in [0, 0.1) is 10.1 Å². The predicted octanol–water partition coefficient (Wildman–Crippen LogP) is 5.03. The number of hydrogen-bond donors (Lipinski definition) is 1. The van der Waals surface area contributed by atoms with Crippen molar-refractivity contribution in [3.63, 3.8) is 0 Å². The monoisotopic (exact) mass is 671 g/mol. The summed E-state index contributed by atoms with van der Waals surface area (Å²) >= 11 is 0.639. The lowest BCUT2D eigenvalue weighted by molar-refractivity contribution is -0.384. The van der Waals surface area contributed by atoms with Gasteiger partial charge in [0.1, 0.15) is 41.0 Å². The maximum absolute atomic E-state index is 13.9. The Morgan fingerprint density at radius 1 is 0.812 bits per heavy atom. The van der Waals surface area contributed by atoms with E-state index in [2.05, 4.69) is 0 Å². The smallest absolute Gasteiger partial charge is 0.355 e. The van der Waals surface area contributed by atoms with Gasteiger partial charge in [-0.05, 0) is 61.7 Å². The number of ether oxygens (including phenoxy) is 2. The highest BCUT2D eigenvalue weighted by Crippen LogP contribution is 2.44. The molecule has 1 fully saturated rings. The van der Waals surface area contributed by atoms with E-state index in [0.717, 1.165) is 9.80 Å². The lowest BCUT2D eigenvalue weighted by Gasteiger charge is -2.49. The van der Waals surface area contributed by atoms with E-state index in [0.29, 0.717) is 28.5 Å². The van der Waals surface area contributed by atoms with Gasteiger partial charge in [-0.2, -0.15) is 0 Å². The molecule has 2 aliphatic heterocycles. The number of nitro groups is 1. The fraction of sp³-hybridized carbons (Fsp3) is 0.206. The number of nitrogens with zero attached hydrogens (tertiary/aromatic N) is 3. The van der Waals surface area contributed by atoms with Gasteiger partial charge < -0.3 is 14.6 Å². The van der Waals surface area contributed by atoms with E-state index in [9.17, 15) is 39.2 Å². The lowest BCUT2D eigenvalue weighted by atomic mass is 10.0. The van der Waals surface area contributed by atoms with Gasteiger partial charge in [-0.3, -0.25) is 34.3 Å². The zero-order valence-electron chi connectivity index (χ0n) is 25.9. The Morgan fingerprint density at radius 2 is 1.33 bits per heavy atom. The van der Waals surface area contributed by atoms with E-state index in [1.807, 2.05) is 0 Å². The highest BCUT2D eigenvalue weighted by Gasteiger charge is 2.59. The number of hydrogen-bond acceptors (Lipinski definition) is 11. The number of rotatable bonds is 11. The van der Waals surface area contributed by atoms with Crippen LogP contribution < -0.4 is 0 Å². The van der Waals surface area contributed by atoms with Crippen molar-refractivity contribution >= 4 is 47.1 Å². The molecule has 1 saturated heterocycles. The molecule has 2 heterocycles. The summed E-state index contributed by atoms with van der Waals surface area (Å²) in [6, 6.07) is 18.8. The average Bonchev–Trinajstić information content (AvgIpc) is 3.31. The second-order valence-electron chi connectivity index (χ2n) is 11.0. The molecule has 48 heavy (non-hydrogen) atoms. The molecule has 0 spiro atoms. The minimum absolute atomic E-state index is 0.0961. The third-order valence-corrected chi connectivity index (χ3v) is 8.92. The third-order valence-electron chi connectivity index (χ3n) is 7.51. The first-order valence-electron chi connectivity index (χ1n) is 14.6. The molecule has 2 atom stereocenters. The van der Waals surface area contributed by atoms with Gasteiger partial charge in [-0.15, -0.1) is 0 Å². The SMILES string of the molecule is CC(C)=C(C(=O)OCc1ccccc1)N1C(=O)[C@H](N2C(=O)c3ccccc3C2=O)[C@H]1S/C(C(=O)OCc1ccc([N+](=O)[O-])cc1)=C(/C)O. The summed E-state index contributed by atoms with van der Waals surface area (Å²) in [5, 5.41) is 20.3. The number of likely N-dealkylation sites (tertiary alicyclic amines) is 1. The van der Waals surface area contributed by atoms with Crippen molar-refractivity contribution in [1.29, 1.82) is 0 Å². The first-order valence-corrected chi connectivity index (χ1v) is 15.4. The Hall–Kier alpha value is -5.76. The summed E-state index contributed by atoms with van der Waals surface area (Å²) < 4.78 is 10.9. The maximum atomic E-state index is 13.9. The third kappa shape index (κ3) is 6.55. The number of β-lactam (4-membered cyclic amide) rings is 1. The Morgan fingerprint density at radius 3 is 1.85 bits per heavy atom. The van der Waals surface area contributed by atoms with E-state index >= 15 is 0 Å². The van der Waals surface area contributed by atoms with Crippen molar-refractivity contribution in [2.45, 2.75) is 45.4 Å². The second-order valence-corrected chi connectivity index (χ2v) is 12.1. The van der Waals surface area contributed by atoms with Gasteiger partial charge in [0.25, 0.3) is 23.4 Å². The van der Waals surface area contributed by atoms with Crippen molar-refractivity contribution in [3.05, 3.63) is 133 Å². The fourth-order valence-corrected chi connectivity index (χ4v) is 6.42. The minimum atomic E-state index is -1.46. The number of allylic oxidation sites excluding steroid dienone is 2. The molecule has 1 N–H and O–H groups in total. The number of fused-ring (bicyclic) bond motifs is 1. The van der Waals surface area contributed by atoms with Crippen LogP contribution in [0.3, 0.4) is 0 Å². The number of thioether (sulfide) groups is 1. The number of aliphatic hydroxyl groups excluding tert-OH is 1. The minimum Gasteiger partial charge on any atom is -0.511 e. The molecule has 0 aliphatic carbocycles. The van der Waals surface area contributed by atoms with Gasteiger partial charge in [-0.1, -0.05) is 54.2 Å². The Bertz CT molecular complexity index is 1850. The van der Waals surface area contributed by atoms with Crippen LogP contribution >= 0.6 is 11.8 Å². The van der Waals surface area contributed by atoms with Crippen LogP contribution in [0.4, 0.5) is 5.69 Å².